The van der Waals surface area contributed by atoms with E-state index in [9.17, 15) is 14.9 Å². The van der Waals surface area contributed by atoms with Gasteiger partial charge >= 0.3 is 0 Å². The Morgan fingerprint density at radius 1 is 1.50 bits per heavy atom. The van der Waals surface area contributed by atoms with Crippen molar-refractivity contribution >= 4 is 11.5 Å². The second-order valence-corrected chi connectivity index (χ2v) is 3.43. The van der Waals surface area contributed by atoms with Gasteiger partial charge in [-0.15, -0.1) is 0 Å². The van der Waals surface area contributed by atoms with Crippen molar-refractivity contribution in [1.82, 2.24) is 0 Å². The molecule has 1 atom stereocenters. The van der Waals surface area contributed by atoms with Crippen LogP contribution in [0.15, 0.2) is 24.3 Å². The number of nitro groups is 1. The van der Waals surface area contributed by atoms with Gasteiger partial charge in [-0.05, 0) is 12.1 Å². The highest BCUT2D eigenvalue weighted by molar-refractivity contribution is 5.97. The highest BCUT2D eigenvalue weighted by atomic mass is 16.6. The van der Waals surface area contributed by atoms with Gasteiger partial charge in [-0.2, -0.15) is 5.26 Å². The Morgan fingerprint density at radius 3 is 2.50 bits per heavy atom. The molecular formula is C11H10N2O3. The van der Waals surface area contributed by atoms with Crippen LogP contribution in [0.4, 0.5) is 5.69 Å². The van der Waals surface area contributed by atoms with Crippen LogP contribution in [0.3, 0.4) is 0 Å². The molecule has 0 N–H and O–H groups in total. The maximum atomic E-state index is 11.7. The zero-order valence-corrected chi connectivity index (χ0v) is 8.71. The van der Waals surface area contributed by atoms with Crippen molar-refractivity contribution in [3.63, 3.8) is 0 Å². The summed E-state index contributed by atoms with van der Waals surface area (Å²) in [6.07, 6.45) is 0.149. The number of hydrogen-bond acceptors (Lipinski definition) is 4. The molecule has 0 saturated carbocycles. The molecule has 0 radical (unpaired) electrons. The van der Waals surface area contributed by atoms with Gasteiger partial charge in [-0.1, -0.05) is 6.92 Å². The Bertz CT molecular complexity index is 445. The summed E-state index contributed by atoms with van der Waals surface area (Å²) in [7, 11) is 0. The number of ketones is 1. The summed E-state index contributed by atoms with van der Waals surface area (Å²) in [5, 5.41) is 18.9. The van der Waals surface area contributed by atoms with Crippen molar-refractivity contribution in [3.05, 3.63) is 39.9 Å². The first kappa shape index (κ1) is 11.9. The van der Waals surface area contributed by atoms with Crippen molar-refractivity contribution in [2.75, 3.05) is 0 Å². The van der Waals surface area contributed by atoms with E-state index in [0.717, 1.165) is 0 Å². The van der Waals surface area contributed by atoms with Gasteiger partial charge in [0.1, 0.15) is 0 Å². The molecule has 0 amide bonds. The van der Waals surface area contributed by atoms with E-state index in [0.29, 0.717) is 5.56 Å². The van der Waals surface area contributed by atoms with Crippen molar-refractivity contribution in [2.45, 2.75) is 13.3 Å². The van der Waals surface area contributed by atoms with Crippen molar-refractivity contribution in [2.24, 2.45) is 5.92 Å². The predicted octanol–water partition coefficient (Wildman–Crippen LogP) is 2.33. The number of non-ortho nitro benzene ring substituents is 1. The highest BCUT2D eigenvalue weighted by Gasteiger charge is 2.15. The lowest BCUT2D eigenvalue weighted by molar-refractivity contribution is -0.384. The predicted molar refractivity (Wildman–Crippen MR) is 56.8 cm³/mol. The zero-order chi connectivity index (χ0) is 12.1. The zero-order valence-electron chi connectivity index (χ0n) is 8.71. The van der Waals surface area contributed by atoms with E-state index in [1.54, 1.807) is 6.92 Å². The van der Waals surface area contributed by atoms with Crippen LogP contribution in [-0.2, 0) is 0 Å². The Balaban J connectivity index is 2.86. The summed E-state index contributed by atoms with van der Waals surface area (Å²) in [5.74, 6) is -0.553. The van der Waals surface area contributed by atoms with E-state index in [4.69, 9.17) is 5.26 Å². The van der Waals surface area contributed by atoms with E-state index < -0.39 is 4.92 Å². The Hall–Kier alpha value is -2.22. The Labute approximate surface area is 92.5 Å². The van der Waals surface area contributed by atoms with Gasteiger partial charge in [0.2, 0.25) is 0 Å². The Morgan fingerprint density at radius 2 is 2.06 bits per heavy atom. The maximum absolute atomic E-state index is 11.7. The molecular weight excluding hydrogens is 208 g/mol. The first-order valence-corrected chi connectivity index (χ1v) is 4.72. The highest BCUT2D eigenvalue weighted by Crippen LogP contribution is 2.16. The summed E-state index contributed by atoms with van der Waals surface area (Å²) in [5.41, 5.74) is 0.345. The fourth-order valence-electron chi connectivity index (χ4n) is 1.26. The first-order valence-electron chi connectivity index (χ1n) is 4.72. The summed E-state index contributed by atoms with van der Waals surface area (Å²) >= 11 is 0. The Kier molecular flexibility index (Phi) is 3.72. The van der Waals surface area contributed by atoms with E-state index in [1.807, 2.05) is 6.07 Å². The lowest BCUT2D eigenvalue weighted by Crippen LogP contribution is -2.10. The molecule has 0 aliphatic rings. The van der Waals surface area contributed by atoms with Crippen LogP contribution in [0.1, 0.15) is 23.7 Å². The van der Waals surface area contributed by atoms with E-state index in [-0.39, 0.29) is 23.8 Å². The molecule has 0 aliphatic heterocycles. The van der Waals surface area contributed by atoms with Crippen molar-refractivity contribution in [3.8, 4) is 6.07 Å². The lowest BCUT2D eigenvalue weighted by Gasteiger charge is -2.05. The number of nitrogens with zero attached hydrogens (tertiary/aromatic N) is 2. The molecule has 0 aliphatic carbocycles. The molecule has 82 valence electrons. The summed E-state index contributed by atoms with van der Waals surface area (Å²) in [6.45, 7) is 1.66. The number of carbonyl (C=O) groups is 1. The van der Waals surface area contributed by atoms with Gasteiger partial charge in [0, 0.05) is 30.0 Å². The minimum Gasteiger partial charge on any atom is -0.294 e. The third-order valence-electron chi connectivity index (χ3n) is 2.21. The smallest absolute Gasteiger partial charge is 0.269 e. The fraction of sp³-hybridized carbons (Fsp3) is 0.273. The van der Waals surface area contributed by atoms with Crippen molar-refractivity contribution in [1.29, 1.82) is 5.26 Å². The lowest BCUT2D eigenvalue weighted by atomic mass is 9.97. The van der Waals surface area contributed by atoms with Crippen LogP contribution in [0.25, 0.3) is 0 Å². The van der Waals surface area contributed by atoms with Crippen LogP contribution >= 0.6 is 0 Å². The number of nitro benzene ring substituents is 1. The van der Waals surface area contributed by atoms with Gasteiger partial charge < -0.3 is 0 Å². The third-order valence-corrected chi connectivity index (χ3v) is 2.21. The molecule has 1 unspecified atom stereocenters. The summed E-state index contributed by atoms with van der Waals surface area (Å²) in [6, 6.07) is 7.31. The molecule has 16 heavy (non-hydrogen) atoms. The van der Waals surface area contributed by atoms with Gasteiger partial charge in [-0.3, -0.25) is 14.9 Å². The van der Waals surface area contributed by atoms with Crippen LogP contribution in [0, 0.1) is 27.4 Å². The van der Waals surface area contributed by atoms with Crippen LogP contribution in [-0.4, -0.2) is 10.7 Å². The monoisotopic (exact) mass is 218 g/mol. The normalized spacial score (nSPS) is 11.5. The SMILES string of the molecule is CC(CC#N)C(=O)c1ccc([N+](=O)[O-])cc1. The summed E-state index contributed by atoms with van der Waals surface area (Å²) in [4.78, 5) is 21.6. The molecule has 0 aromatic heterocycles. The minimum absolute atomic E-state index is 0.0514. The average Bonchev–Trinajstić information content (AvgIpc) is 2.28. The molecule has 0 heterocycles. The number of benzene rings is 1. The second kappa shape index (κ2) is 5.03. The molecule has 5 heteroatoms. The number of rotatable bonds is 4. The quantitative estimate of drug-likeness (QED) is 0.441. The van der Waals surface area contributed by atoms with Gasteiger partial charge in [0.05, 0.1) is 11.0 Å². The number of hydrogen-bond donors (Lipinski definition) is 0. The van der Waals surface area contributed by atoms with Gasteiger partial charge in [0.25, 0.3) is 5.69 Å². The molecule has 1 aromatic rings. The largest absolute Gasteiger partial charge is 0.294 e. The van der Waals surface area contributed by atoms with Crippen molar-refractivity contribution < 1.29 is 9.72 Å². The van der Waals surface area contributed by atoms with Crippen LogP contribution < -0.4 is 0 Å². The second-order valence-electron chi connectivity index (χ2n) is 3.43. The number of nitriles is 1. The molecule has 0 saturated heterocycles. The minimum atomic E-state index is -0.521. The number of Topliss-reactive ketones (excluding diaryl/α,β-unsaturated/α-hetero) is 1. The molecule has 0 fully saturated rings. The van der Waals surface area contributed by atoms with E-state index in [1.165, 1.54) is 24.3 Å². The fourth-order valence-corrected chi connectivity index (χ4v) is 1.26. The topological polar surface area (TPSA) is 84.0 Å². The van der Waals surface area contributed by atoms with Crippen LogP contribution in [0.2, 0.25) is 0 Å². The average molecular weight is 218 g/mol. The molecule has 0 spiro atoms. The van der Waals surface area contributed by atoms with E-state index >= 15 is 0 Å². The molecule has 0 bridgehead atoms. The molecule has 1 aromatic carbocycles. The van der Waals surface area contributed by atoms with E-state index in [2.05, 4.69) is 0 Å². The van der Waals surface area contributed by atoms with Gasteiger partial charge in [0.15, 0.2) is 5.78 Å². The van der Waals surface area contributed by atoms with Crippen LogP contribution in [0.5, 0.6) is 0 Å². The first-order chi connectivity index (χ1) is 7.56. The standard InChI is InChI=1S/C11H10N2O3/c1-8(6-7-12)11(14)9-2-4-10(5-3-9)13(15)16/h2-5,8H,6H2,1H3. The number of carbonyl (C=O) groups excluding carboxylic acids is 1. The summed E-state index contributed by atoms with van der Waals surface area (Å²) < 4.78 is 0. The molecule has 1 rings (SSSR count). The third kappa shape index (κ3) is 2.64. The maximum Gasteiger partial charge on any atom is 0.269 e. The van der Waals surface area contributed by atoms with Gasteiger partial charge in [-0.25, -0.2) is 0 Å². The molecule has 5 nitrogen and oxygen atoms in total.